The van der Waals surface area contributed by atoms with E-state index in [1.165, 1.54) is 7.11 Å². The number of benzene rings is 1. The molecule has 0 heterocycles. The molecule has 0 saturated carbocycles. The van der Waals surface area contributed by atoms with Crippen LogP contribution in [0.5, 0.6) is 0 Å². The summed E-state index contributed by atoms with van der Waals surface area (Å²) in [5.41, 5.74) is 0.182. The third-order valence-electron chi connectivity index (χ3n) is 2.69. The Bertz CT molecular complexity index is 482. The second kappa shape index (κ2) is 7.08. The predicted octanol–water partition coefficient (Wildman–Crippen LogP) is 1.36. The van der Waals surface area contributed by atoms with E-state index in [9.17, 15) is 14.7 Å². The Morgan fingerprint density at radius 2 is 1.76 bits per heavy atom. The summed E-state index contributed by atoms with van der Waals surface area (Å²) in [5.74, 6) is -0.806. The van der Waals surface area contributed by atoms with Crippen molar-refractivity contribution < 1.29 is 19.4 Å². The number of ether oxygens (including phenoxy) is 1. The zero-order valence-electron chi connectivity index (χ0n) is 12.7. The molecule has 0 bridgehead atoms. The van der Waals surface area contributed by atoms with Gasteiger partial charge in [0.1, 0.15) is 0 Å². The van der Waals surface area contributed by atoms with Gasteiger partial charge >= 0.3 is 12.0 Å². The molecule has 1 aromatic carbocycles. The minimum Gasteiger partial charge on any atom is -0.467 e. The molecule has 0 unspecified atom stereocenters. The first-order chi connectivity index (χ1) is 9.74. The number of methoxy groups -OCH3 is 1. The van der Waals surface area contributed by atoms with Crippen LogP contribution in [-0.4, -0.2) is 35.9 Å². The van der Waals surface area contributed by atoms with E-state index in [2.05, 4.69) is 15.4 Å². The van der Waals surface area contributed by atoms with E-state index >= 15 is 0 Å². The Labute approximate surface area is 124 Å². The average Bonchev–Trinajstić information content (AvgIpc) is 2.42. The van der Waals surface area contributed by atoms with E-state index in [4.69, 9.17) is 0 Å². The average molecular weight is 294 g/mol. The maximum absolute atomic E-state index is 12.0. The van der Waals surface area contributed by atoms with Crippen LogP contribution in [0, 0.1) is 0 Å². The first kappa shape index (κ1) is 17.0. The van der Waals surface area contributed by atoms with Crippen LogP contribution in [0.1, 0.15) is 32.4 Å². The van der Waals surface area contributed by atoms with Crippen LogP contribution in [0.25, 0.3) is 0 Å². The Morgan fingerprint density at radius 3 is 2.24 bits per heavy atom. The molecular formula is C15H22N2O4. The Kier molecular flexibility index (Phi) is 5.72. The van der Waals surface area contributed by atoms with Crippen LogP contribution in [0.15, 0.2) is 30.3 Å². The summed E-state index contributed by atoms with van der Waals surface area (Å²) in [4.78, 5) is 23.5. The molecule has 2 atom stereocenters. The van der Waals surface area contributed by atoms with Crippen molar-refractivity contribution in [2.45, 2.75) is 38.5 Å². The fourth-order valence-corrected chi connectivity index (χ4v) is 1.78. The fourth-order valence-electron chi connectivity index (χ4n) is 1.78. The summed E-state index contributed by atoms with van der Waals surface area (Å²) in [6, 6.07) is 7.40. The second-order valence-electron chi connectivity index (χ2n) is 5.70. The van der Waals surface area contributed by atoms with Gasteiger partial charge in [-0.1, -0.05) is 30.3 Å². The molecule has 0 aliphatic heterocycles. The van der Waals surface area contributed by atoms with Crippen molar-refractivity contribution in [3.05, 3.63) is 35.9 Å². The SMILES string of the molecule is COC(=O)[C@H](O)[C@@H](NC(=O)NC(C)(C)C)c1ccccc1. The lowest BCUT2D eigenvalue weighted by Crippen LogP contribution is -2.50. The van der Waals surface area contributed by atoms with Crippen LogP contribution in [0.3, 0.4) is 0 Å². The second-order valence-corrected chi connectivity index (χ2v) is 5.70. The zero-order valence-corrected chi connectivity index (χ0v) is 12.7. The lowest BCUT2D eigenvalue weighted by Gasteiger charge is -2.26. The van der Waals surface area contributed by atoms with Gasteiger partial charge in [0, 0.05) is 5.54 Å². The van der Waals surface area contributed by atoms with Crippen LogP contribution < -0.4 is 10.6 Å². The molecule has 0 spiro atoms. The normalized spacial score (nSPS) is 14.0. The van der Waals surface area contributed by atoms with E-state index in [0.717, 1.165) is 0 Å². The Morgan fingerprint density at radius 1 is 1.19 bits per heavy atom. The standard InChI is InChI=1S/C15H22N2O4/c1-15(2,3)17-14(20)16-11(12(18)13(19)21-4)10-8-6-5-7-9-10/h5-9,11-12,18H,1-4H3,(H2,16,17,20)/t11-,12+/m0/s1. The summed E-state index contributed by atoms with van der Waals surface area (Å²) in [6.07, 6.45) is -1.48. The molecule has 0 radical (unpaired) electrons. The molecular weight excluding hydrogens is 272 g/mol. The highest BCUT2D eigenvalue weighted by Crippen LogP contribution is 2.18. The minimum atomic E-state index is -1.48. The topological polar surface area (TPSA) is 87.7 Å². The number of rotatable bonds is 4. The fraction of sp³-hybridized carbons (Fsp3) is 0.467. The van der Waals surface area contributed by atoms with E-state index in [1.807, 2.05) is 20.8 Å². The minimum absolute atomic E-state index is 0.429. The number of aliphatic hydroxyl groups excluding tert-OH is 1. The van der Waals surface area contributed by atoms with E-state index < -0.39 is 29.7 Å². The molecule has 116 valence electrons. The lowest BCUT2D eigenvalue weighted by atomic mass is 10.0. The molecule has 0 aliphatic carbocycles. The molecule has 21 heavy (non-hydrogen) atoms. The highest BCUT2D eigenvalue weighted by Gasteiger charge is 2.30. The van der Waals surface area contributed by atoms with Gasteiger partial charge in [-0.05, 0) is 26.3 Å². The van der Waals surface area contributed by atoms with Crippen molar-refractivity contribution >= 4 is 12.0 Å². The summed E-state index contributed by atoms with van der Waals surface area (Å²) in [6.45, 7) is 5.50. The number of hydrogen-bond donors (Lipinski definition) is 3. The maximum atomic E-state index is 12.0. The summed E-state index contributed by atoms with van der Waals surface area (Å²) in [5, 5.41) is 15.4. The van der Waals surface area contributed by atoms with Gasteiger partial charge in [0.05, 0.1) is 13.2 Å². The number of hydrogen-bond acceptors (Lipinski definition) is 4. The largest absolute Gasteiger partial charge is 0.467 e. The van der Waals surface area contributed by atoms with Crippen LogP contribution >= 0.6 is 0 Å². The molecule has 0 aromatic heterocycles. The monoisotopic (exact) mass is 294 g/mol. The molecule has 2 amide bonds. The van der Waals surface area contributed by atoms with Crippen LogP contribution in [0.2, 0.25) is 0 Å². The molecule has 0 saturated heterocycles. The van der Waals surface area contributed by atoms with Gasteiger partial charge in [0.2, 0.25) is 0 Å². The van der Waals surface area contributed by atoms with Gasteiger partial charge < -0.3 is 20.5 Å². The smallest absolute Gasteiger partial charge is 0.337 e. The van der Waals surface area contributed by atoms with Crippen molar-refractivity contribution in [2.24, 2.45) is 0 Å². The number of amides is 2. The van der Waals surface area contributed by atoms with Crippen molar-refractivity contribution in [1.82, 2.24) is 10.6 Å². The van der Waals surface area contributed by atoms with Gasteiger partial charge in [-0.3, -0.25) is 0 Å². The third-order valence-corrected chi connectivity index (χ3v) is 2.69. The number of aliphatic hydroxyl groups is 1. The van der Waals surface area contributed by atoms with Gasteiger partial charge in [-0.2, -0.15) is 0 Å². The number of urea groups is 1. The van der Waals surface area contributed by atoms with Crippen molar-refractivity contribution in [1.29, 1.82) is 0 Å². The highest BCUT2D eigenvalue weighted by molar-refractivity contribution is 5.79. The van der Waals surface area contributed by atoms with Crippen LogP contribution in [-0.2, 0) is 9.53 Å². The molecule has 1 rings (SSSR count). The molecule has 6 nitrogen and oxygen atoms in total. The first-order valence-electron chi connectivity index (χ1n) is 6.64. The molecule has 0 fully saturated rings. The zero-order chi connectivity index (χ0) is 16.0. The van der Waals surface area contributed by atoms with E-state index in [0.29, 0.717) is 5.56 Å². The Hall–Kier alpha value is -2.08. The summed E-state index contributed by atoms with van der Waals surface area (Å²) < 4.78 is 4.54. The number of nitrogens with one attached hydrogen (secondary N) is 2. The lowest BCUT2D eigenvalue weighted by molar-refractivity contribution is -0.151. The first-order valence-corrected chi connectivity index (χ1v) is 6.64. The van der Waals surface area contributed by atoms with Crippen molar-refractivity contribution in [3.8, 4) is 0 Å². The maximum Gasteiger partial charge on any atom is 0.337 e. The highest BCUT2D eigenvalue weighted by atomic mass is 16.5. The van der Waals surface area contributed by atoms with Crippen molar-refractivity contribution in [2.75, 3.05) is 7.11 Å². The molecule has 0 aliphatic rings. The van der Waals surface area contributed by atoms with Gasteiger partial charge in [-0.25, -0.2) is 9.59 Å². The van der Waals surface area contributed by atoms with Gasteiger partial charge in [0.15, 0.2) is 6.10 Å². The number of carbonyl (C=O) groups excluding carboxylic acids is 2. The Balaban J connectivity index is 2.93. The predicted molar refractivity (Wildman–Crippen MR) is 78.6 cm³/mol. The number of esters is 1. The van der Waals surface area contributed by atoms with Gasteiger partial charge in [-0.15, -0.1) is 0 Å². The number of carbonyl (C=O) groups is 2. The summed E-state index contributed by atoms with van der Waals surface area (Å²) >= 11 is 0. The van der Waals surface area contributed by atoms with Crippen molar-refractivity contribution in [3.63, 3.8) is 0 Å². The van der Waals surface area contributed by atoms with E-state index in [1.54, 1.807) is 30.3 Å². The molecule has 1 aromatic rings. The quantitative estimate of drug-likeness (QED) is 0.732. The molecule has 3 N–H and O–H groups in total. The van der Waals surface area contributed by atoms with Gasteiger partial charge in [0.25, 0.3) is 0 Å². The molecule has 6 heteroatoms. The third kappa shape index (κ3) is 5.43. The summed E-state index contributed by atoms with van der Waals surface area (Å²) in [7, 11) is 1.18. The van der Waals surface area contributed by atoms with Crippen LogP contribution in [0.4, 0.5) is 4.79 Å². The van der Waals surface area contributed by atoms with E-state index in [-0.39, 0.29) is 0 Å².